The molecule has 1 aliphatic heterocycles. The van der Waals surface area contributed by atoms with Gasteiger partial charge in [-0.05, 0) is 19.4 Å². The van der Waals surface area contributed by atoms with Gasteiger partial charge in [0, 0.05) is 13.7 Å². The van der Waals surface area contributed by atoms with E-state index >= 15 is 0 Å². The van der Waals surface area contributed by atoms with E-state index in [2.05, 4.69) is 4.98 Å². The van der Waals surface area contributed by atoms with E-state index in [4.69, 9.17) is 15.2 Å². The molecule has 6 nitrogen and oxygen atoms in total. The van der Waals surface area contributed by atoms with Crippen molar-refractivity contribution in [1.82, 2.24) is 4.98 Å². The van der Waals surface area contributed by atoms with Crippen molar-refractivity contribution in [2.75, 3.05) is 31.4 Å². The van der Waals surface area contributed by atoms with E-state index in [-0.39, 0.29) is 12.1 Å². The van der Waals surface area contributed by atoms with Crippen LogP contribution in [-0.2, 0) is 9.47 Å². The lowest BCUT2D eigenvalue weighted by Crippen LogP contribution is -2.37. The molecule has 19 heavy (non-hydrogen) atoms. The van der Waals surface area contributed by atoms with Gasteiger partial charge in [-0.15, -0.1) is 0 Å². The van der Waals surface area contributed by atoms with Gasteiger partial charge in [0.2, 0.25) is 0 Å². The molecule has 1 saturated heterocycles. The van der Waals surface area contributed by atoms with E-state index in [1.807, 2.05) is 18.9 Å². The predicted octanol–water partition coefficient (Wildman–Crippen LogP) is 1.06. The number of likely N-dealkylation sites (N-methyl/N-ethyl adjacent to an activating group) is 1. The van der Waals surface area contributed by atoms with Crippen LogP contribution in [0, 0.1) is 0 Å². The first-order valence-corrected chi connectivity index (χ1v) is 6.23. The molecule has 1 aliphatic rings. The second kappa shape index (κ2) is 5.44. The fourth-order valence-electron chi connectivity index (χ4n) is 2.33. The van der Waals surface area contributed by atoms with E-state index in [1.165, 1.54) is 13.3 Å². The molecule has 0 spiro atoms. The molecule has 2 rings (SSSR count). The molecule has 1 aromatic rings. The Balaban J connectivity index is 2.27. The Hall–Kier alpha value is -1.82. The monoisotopic (exact) mass is 265 g/mol. The number of rotatable bonds is 3. The zero-order chi connectivity index (χ0) is 14.0. The van der Waals surface area contributed by atoms with E-state index in [1.54, 1.807) is 6.07 Å². The van der Waals surface area contributed by atoms with Gasteiger partial charge in [0.25, 0.3) is 0 Å². The van der Waals surface area contributed by atoms with Crippen LogP contribution in [0.1, 0.15) is 23.7 Å². The number of hydrogen-bond acceptors (Lipinski definition) is 6. The summed E-state index contributed by atoms with van der Waals surface area (Å²) in [5.41, 5.74) is 6.40. The Morgan fingerprint density at radius 1 is 1.63 bits per heavy atom. The summed E-state index contributed by atoms with van der Waals surface area (Å²) in [6, 6.07) is 1.91. The molecule has 2 heterocycles. The number of carbonyl (C=O) groups is 1. The third kappa shape index (κ3) is 2.63. The number of aromatic nitrogens is 1. The molecule has 104 valence electrons. The van der Waals surface area contributed by atoms with Crippen LogP contribution >= 0.6 is 0 Å². The first-order chi connectivity index (χ1) is 9.04. The molecule has 6 heteroatoms. The van der Waals surface area contributed by atoms with Gasteiger partial charge >= 0.3 is 5.97 Å². The molecule has 1 fully saturated rings. The summed E-state index contributed by atoms with van der Waals surface area (Å²) < 4.78 is 10.3. The van der Waals surface area contributed by atoms with Gasteiger partial charge in [-0.2, -0.15) is 0 Å². The third-order valence-electron chi connectivity index (χ3n) is 3.52. The zero-order valence-electron chi connectivity index (χ0n) is 11.4. The van der Waals surface area contributed by atoms with Crippen LogP contribution in [0.25, 0.3) is 0 Å². The number of carbonyl (C=O) groups excluding carboxylic acids is 1. The van der Waals surface area contributed by atoms with Crippen LogP contribution in [-0.4, -0.2) is 43.9 Å². The SMILES string of the molecule is COC(=O)c1cc(N(C)C2CCOC2C)ncc1N. The van der Waals surface area contributed by atoms with Gasteiger partial charge in [-0.25, -0.2) is 9.78 Å². The minimum absolute atomic E-state index is 0.144. The minimum Gasteiger partial charge on any atom is -0.465 e. The van der Waals surface area contributed by atoms with Crippen LogP contribution in [0.4, 0.5) is 11.5 Å². The highest BCUT2D eigenvalue weighted by Crippen LogP contribution is 2.25. The Labute approximate surface area is 112 Å². The van der Waals surface area contributed by atoms with Crippen LogP contribution in [0.2, 0.25) is 0 Å². The van der Waals surface area contributed by atoms with E-state index in [9.17, 15) is 4.79 Å². The van der Waals surface area contributed by atoms with Gasteiger partial charge < -0.3 is 20.1 Å². The third-order valence-corrected chi connectivity index (χ3v) is 3.52. The first kappa shape index (κ1) is 13.6. The number of methoxy groups -OCH3 is 1. The predicted molar refractivity (Wildman–Crippen MR) is 72.2 cm³/mol. The Kier molecular flexibility index (Phi) is 3.90. The van der Waals surface area contributed by atoms with Crippen LogP contribution in [0.15, 0.2) is 12.3 Å². The van der Waals surface area contributed by atoms with Gasteiger partial charge in [-0.1, -0.05) is 0 Å². The van der Waals surface area contributed by atoms with E-state index in [0.29, 0.717) is 17.1 Å². The summed E-state index contributed by atoms with van der Waals surface area (Å²) in [5, 5.41) is 0. The van der Waals surface area contributed by atoms with Crippen LogP contribution in [0.3, 0.4) is 0 Å². The number of ether oxygens (including phenoxy) is 2. The molecular formula is C13H19N3O3. The maximum Gasteiger partial charge on any atom is 0.340 e. The zero-order valence-corrected chi connectivity index (χ0v) is 11.4. The average Bonchev–Trinajstić information content (AvgIpc) is 2.84. The van der Waals surface area contributed by atoms with Crippen molar-refractivity contribution in [3.63, 3.8) is 0 Å². The fraction of sp³-hybridized carbons (Fsp3) is 0.538. The summed E-state index contributed by atoms with van der Waals surface area (Å²) in [7, 11) is 3.27. The lowest BCUT2D eigenvalue weighted by Gasteiger charge is -2.28. The Morgan fingerprint density at radius 3 is 2.95 bits per heavy atom. The van der Waals surface area contributed by atoms with Crippen molar-refractivity contribution in [2.45, 2.75) is 25.5 Å². The molecule has 0 saturated carbocycles. The molecule has 2 N–H and O–H groups in total. The first-order valence-electron chi connectivity index (χ1n) is 6.23. The van der Waals surface area contributed by atoms with Crippen LogP contribution in [0.5, 0.6) is 0 Å². The summed E-state index contributed by atoms with van der Waals surface area (Å²) in [4.78, 5) is 17.9. The normalized spacial score (nSPS) is 22.3. The van der Waals surface area contributed by atoms with Gasteiger partial charge in [0.05, 0.1) is 36.7 Å². The highest BCUT2D eigenvalue weighted by Gasteiger charge is 2.29. The number of nitrogens with zero attached hydrogens (tertiary/aromatic N) is 2. The summed E-state index contributed by atoms with van der Waals surface area (Å²) in [5.74, 6) is 0.238. The molecule has 2 unspecified atom stereocenters. The quantitative estimate of drug-likeness (QED) is 0.823. The summed E-state index contributed by atoms with van der Waals surface area (Å²) in [6.07, 6.45) is 2.57. The van der Waals surface area contributed by atoms with Crippen molar-refractivity contribution in [2.24, 2.45) is 0 Å². The molecule has 0 amide bonds. The molecule has 0 bridgehead atoms. The fourth-order valence-corrected chi connectivity index (χ4v) is 2.33. The number of anilines is 2. The molecule has 0 radical (unpaired) electrons. The lowest BCUT2D eigenvalue weighted by molar-refractivity contribution is 0.0602. The highest BCUT2D eigenvalue weighted by atomic mass is 16.5. The van der Waals surface area contributed by atoms with Gasteiger partial charge in [-0.3, -0.25) is 0 Å². The standard InChI is InChI=1S/C13H19N3O3/c1-8-11(4-5-19-8)16(2)12-6-9(13(17)18-3)10(14)7-15-12/h6-8,11H,4-5,14H2,1-3H3. The van der Waals surface area contributed by atoms with Gasteiger partial charge in [0.1, 0.15) is 5.82 Å². The highest BCUT2D eigenvalue weighted by molar-refractivity contribution is 5.95. The molecule has 2 atom stereocenters. The Morgan fingerprint density at radius 2 is 2.37 bits per heavy atom. The Bertz CT molecular complexity index is 478. The van der Waals surface area contributed by atoms with Crippen molar-refractivity contribution < 1.29 is 14.3 Å². The van der Waals surface area contributed by atoms with Crippen molar-refractivity contribution in [3.8, 4) is 0 Å². The maximum atomic E-state index is 11.6. The minimum atomic E-state index is -0.453. The molecular weight excluding hydrogens is 246 g/mol. The number of nitrogens with two attached hydrogens (primary N) is 1. The summed E-state index contributed by atoms with van der Waals surface area (Å²) in [6.45, 7) is 2.78. The van der Waals surface area contributed by atoms with E-state index in [0.717, 1.165) is 13.0 Å². The smallest absolute Gasteiger partial charge is 0.340 e. The average molecular weight is 265 g/mol. The second-order valence-electron chi connectivity index (χ2n) is 4.66. The second-order valence-corrected chi connectivity index (χ2v) is 4.66. The van der Waals surface area contributed by atoms with Gasteiger partial charge in [0.15, 0.2) is 0 Å². The number of hydrogen-bond donors (Lipinski definition) is 1. The largest absolute Gasteiger partial charge is 0.465 e. The maximum absolute atomic E-state index is 11.6. The van der Waals surface area contributed by atoms with Crippen molar-refractivity contribution in [1.29, 1.82) is 0 Å². The van der Waals surface area contributed by atoms with E-state index < -0.39 is 5.97 Å². The summed E-state index contributed by atoms with van der Waals surface area (Å²) >= 11 is 0. The van der Waals surface area contributed by atoms with Crippen LogP contribution < -0.4 is 10.6 Å². The number of pyridine rings is 1. The lowest BCUT2D eigenvalue weighted by atomic mass is 10.1. The number of esters is 1. The molecule has 0 aromatic carbocycles. The number of nitrogen functional groups attached to an aromatic ring is 1. The molecule has 1 aromatic heterocycles. The van der Waals surface area contributed by atoms with Crippen molar-refractivity contribution in [3.05, 3.63) is 17.8 Å². The topological polar surface area (TPSA) is 77.7 Å². The van der Waals surface area contributed by atoms with Crippen molar-refractivity contribution >= 4 is 17.5 Å². The molecule has 0 aliphatic carbocycles.